The summed E-state index contributed by atoms with van der Waals surface area (Å²) in [6.07, 6.45) is 1.17. The van der Waals surface area contributed by atoms with Gasteiger partial charge in [0.05, 0.1) is 0 Å². The van der Waals surface area contributed by atoms with E-state index < -0.39 is 5.92 Å². The quantitative estimate of drug-likeness (QED) is 0.533. The molecule has 0 aliphatic rings. The van der Waals surface area contributed by atoms with Crippen LogP contribution in [-0.2, 0) is 0 Å². The Hall–Kier alpha value is -0.400. The average molecular weight is 118 g/mol. The SMILES string of the molecule is [CH]=CCCC([CH2])(F)F. The zero-order valence-corrected chi connectivity index (χ0v) is 4.53. The van der Waals surface area contributed by atoms with E-state index in [1.807, 2.05) is 0 Å². The molecule has 0 fully saturated rings. The highest BCUT2D eigenvalue weighted by Crippen LogP contribution is 2.17. The largest absolute Gasteiger partial charge is 0.248 e. The molecule has 0 atom stereocenters. The molecule has 2 heteroatoms. The lowest BCUT2D eigenvalue weighted by atomic mass is 10.2. The van der Waals surface area contributed by atoms with Crippen LogP contribution in [0.5, 0.6) is 0 Å². The molecule has 0 aromatic rings. The molecule has 0 nitrogen and oxygen atoms in total. The van der Waals surface area contributed by atoms with Crippen LogP contribution in [0, 0.1) is 13.5 Å². The topological polar surface area (TPSA) is 0 Å². The Morgan fingerprint density at radius 1 is 1.62 bits per heavy atom. The highest BCUT2D eigenvalue weighted by Gasteiger charge is 2.18. The first kappa shape index (κ1) is 7.60. The second kappa shape index (κ2) is 2.80. The zero-order chi connectivity index (χ0) is 6.62. The first-order valence-electron chi connectivity index (χ1n) is 2.33. The summed E-state index contributed by atoms with van der Waals surface area (Å²) >= 11 is 0. The number of hydrogen-bond acceptors (Lipinski definition) is 0. The molecule has 0 unspecified atom stereocenters. The predicted octanol–water partition coefficient (Wildman–Crippen LogP) is 2.23. The minimum Gasteiger partial charge on any atom is -0.207 e. The van der Waals surface area contributed by atoms with Crippen molar-refractivity contribution in [3.8, 4) is 0 Å². The van der Waals surface area contributed by atoms with Crippen molar-refractivity contribution in [3.63, 3.8) is 0 Å². The minimum absolute atomic E-state index is 0.219. The Morgan fingerprint density at radius 2 is 2.12 bits per heavy atom. The van der Waals surface area contributed by atoms with Crippen molar-refractivity contribution in [2.24, 2.45) is 0 Å². The first-order chi connectivity index (χ1) is 3.56. The molecule has 0 spiro atoms. The molecule has 0 aromatic carbocycles. The van der Waals surface area contributed by atoms with Crippen LogP contribution in [0.1, 0.15) is 12.8 Å². The van der Waals surface area contributed by atoms with Gasteiger partial charge in [0.15, 0.2) is 0 Å². The smallest absolute Gasteiger partial charge is 0.207 e. The molecule has 0 amide bonds. The average Bonchev–Trinajstić information content (AvgIpc) is 1.59. The molecular weight excluding hydrogens is 110 g/mol. The van der Waals surface area contributed by atoms with Crippen molar-refractivity contribution in [3.05, 3.63) is 19.6 Å². The van der Waals surface area contributed by atoms with Crippen LogP contribution in [0.25, 0.3) is 0 Å². The van der Waals surface area contributed by atoms with E-state index in [0.717, 1.165) is 0 Å². The summed E-state index contributed by atoms with van der Waals surface area (Å²) in [4.78, 5) is 0. The van der Waals surface area contributed by atoms with E-state index in [2.05, 4.69) is 6.92 Å². The second-order valence-corrected chi connectivity index (χ2v) is 1.63. The van der Waals surface area contributed by atoms with Crippen LogP contribution in [0.2, 0.25) is 0 Å². The van der Waals surface area contributed by atoms with Crippen LogP contribution in [0.4, 0.5) is 8.78 Å². The Balaban J connectivity index is 3.24. The Labute approximate surface area is 48.2 Å². The molecule has 0 rings (SSSR count). The Morgan fingerprint density at radius 3 is 2.25 bits per heavy atom. The third kappa shape index (κ3) is 5.60. The van der Waals surface area contributed by atoms with E-state index in [4.69, 9.17) is 6.58 Å². The molecular formula is C6H8F2. The molecule has 0 bridgehead atoms. The maximum Gasteiger partial charge on any atom is 0.248 e. The minimum atomic E-state index is -2.81. The second-order valence-electron chi connectivity index (χ2n) is 1.63. The lowest BCUT2D eigenvalue weighted by Gasteiger charge is -2.05. The predicted molar refractivity (Wildman–Crippen MR) is 28.4 cm³/mol. The van der Waals surface area contributed by atoms with Crippen molar-refractivity contribution in [2.75, 3.05) is 0 Å². The van der Waals surface area contributed by atoms with Crippen molar-refractivity contribution in [1.82, 2.24) is 0 Å². The van der Waals surface area contributed by atoms with E-state index >= 15 is 0 Å². The van der Waals surface area contributed by atoms with Crippen LogP contribution in [0.3, 0.4) is 0 Å². The third-order valence-corrected chi connectivity index (χ3v) is 0.677. The molecule has 0 saturated heterocycles. The van der Waals surface area contributed by atoms with Crippen LogP contribution >= 0.6 is 0 Å². The van der Waals surface area contributed by atoms with E-state index in [0.29, 0.717) is 0 Å². The lowest BCUT2D eigenvalue weighted by Crippen LogP contribution is -2.08. The van der Waals surface area contributed by atoms with Gasteiger partial charge in [-0.1, -0.05) is 12.7 Å². The lowest BCUT2D eigenvalue weighted by molar-refractivity contribution is 0.0435. The summed E-state index contributed by atoms with van der Waals surface area (Å²) in [5, 5.41) is 0. The van der Waals surface area contributed by atoms with Crippen LogP contribution in [-0.4, -0.2) is 5.92 Å². The van der Waals surface area contributed by atoms with Gasteiger partial charge in [0.25, 0.3) is 0 Å². The van der Waals surface area contributed by atoms with E-state index in [9.17, 15) is 8.78 Å². The summed E-state index contributed by atoms with van der Waals surface area (Å²) in [5.74, 6) is -2.81. The zero-order valence-electron chi connectivity index (χ0n) is 4.53. The van der Waals surface area contributed by atoms with Gasteiger partial charge in [-0.05, 0) is 6.42 Å². The van der Waals surface area contributed by atoms with Crippen LogP contribution in [0.15, 0.2) is 6.08 Å². The van der Waals surface area contributed by atoms with E-state index in [-0.39, 0.29) is 12.8 Å². The Kier molecular flexibility index (Phi) is 2.66. The summed E-state index contributed by atoms with van der Waals surface area (Å²) in [7, 11) is 0. The van der Waals surface area contributed by atoms with Gasteiger partial charge in [-0.25, -0.2) is 8.78 Å². The van der Waals surface area contributed by atoms with Gasteiger partial charge in [0.1, 0.15) is 0 Å². The van der Waals surface area contributed by atoms with E-state index in [1.54, 1.807) is 0 Å². The first-order valence-corrected chi connectivity index (χ1v) is 2.33. The molecule has 0 saturated carbocycles. The van der Waals surface area contributed by atoms with Crippen LogP contribution < -0.4 is 0 Å². The molecule has 0 aliphatic heterocycles. The normalized spacial score (nSPS) is 11.4. The molecule has 0 aromatic heterocycles. The van der Waals surface area contributed by atoms with Crippen molar-refractivity contribution < 1.29 is 8.78 Å². The van der Waals surface area contributed by atoms with Gasteiger partial charge in [-0.2, -0.15) is 0 Å². The van der Waals surface area contributed by atoms with Crippen molar-refractivity contribution in [1.29, 1.82) is 0 Å². The molecule has 46 valence electrons. The maximum atomic E-state index is 11.7. The van der Waals surface area contributed by atoms with Crippen molar-refractivity contribution in [2.45, 2.75) is 18.8 Å². The molecule has 0 N–H and O–H groups in total. The Bertz CT molecular complexity index is 71.1. The standard InChI is InChI=1S/C6H8F2/c1-3-4-5-6(2,7)8/h1,3H,2,4-5H2. The number of rotatable bonds is 3. The highest BCUT2D eigenvalue weighted by atomic mass is 19.3. The highest BCUT2D eigenvalue weighted by molar-refractivity contribution is 4.73. The van der Waals surface area contributed by atoms with Crippen molar-refractivity contribution >= 4 is 0 Å². The fraction of sp³-hybridized carbons (Fsp3) is 0.500. The van der Waals surface area contributed by atoms with Gasteiger partial charge in [-0.3, -0.25) is 0 Å². The molecule has 8 heavy (non-hydrogen) atoms. The fourth-order valence-corrected chi connectivity index (χ4v) is 0.295. The van der Waals surface area contributed by atoms with E-state index in [1.165, 1.54) is 6.08 Å². The molecule has 0 aliphatic carbocycles. The maximum absolute atomic E-state index is 11.7. The van der Waals surface area contributed by atoms with Gasteiger partial charge < -0.3 is 0 Å². The molecule has 2 radical (unpaired) electrons. The van der Waals surface area contributed by atoms with Gasteiger partial charge >= 0.3 is 0 Å². The number of hydrogen-bond donors (Lipinski definition) is 0. The summed E-state index contributed by atoms with van der Waals surface area (Å²) in [6.45, 7) is 7.45. The third-order valence-electron chi connectivity index (χ3n) is 0.677. The summed E-state index contributed by atoms with van der Waals surface area (Å²) in [5.41, 5.74) is 0. The fourth-order valence-electron chi connectivity index (χ4n) is 0.295. The summed E-state index contributed by atoms with van der Waals surface area (Å²) in [6, 6.07) is 0. The number of halogens is 2. The number of allylic oxidation sites excluding steroid dienone is 1. The van der Waals surface area contributed by atoms with Gasteiger partial charge in [-0.15, -0.1) is 0 Å². The molecule has 0 heterocycles. The monoisotopic (exact) mass is 118 g/mol. The van der Waals surface area contributed by atoms with Gasteiger partial charge in [0.2, 0.25) is 5.92 Å². The van der Waals surface area contributed by atoms with Gasteiger partial charge in [0, 0.05) is 13.3 Å². The number of alkyl halides is 2. The summed E-state index contributed by atoms with van der Waals surface area (Å²) < 4.78 is 23.4.